The van der Waals surface area contributed by atoms with Gasteiger partial charge in [0.25, 0.3) is 0 Å². The summed E-state index contributed by atoms with van der Waals surface area (Å²) in [7, 11) is 0. The smallest absolute Gasteiger partial charge is 0.234 e. The molecule has 118 valence electrons. The van der Waals surface area contributed by atoms with Gasteiger partial charge in [0, 0.05) is 18.7 Å². The first-order chi connectivity index (χ1) is 10.8. The minimum atomic E-state index is -0.259. The van der Waals surface area contributed by atoms with Crippen LogP contribution < -0.4 is 10.1 Å². The number of hydrogen-bond acceptors (Lipinski definition) is 4. The Balaban J connectivity index is 1.80. The van der Waals surface area contributed by atoms with Crippen LogP contribution in [0.3, 0.4) is 0 Å². The summed E-state index contributed by atoms with van der Waals surface area (Å²) in [6, 6.07) is 9.54. The molecule has 0 atom stereocenters. The maximum absolute atomic E-state index is 11.4. The highest BCUT2D eigenvalue weighted by Gasteiger charge is 2.10. The van der Waals surface area contributed by atoms with Gasteiger partial charge < -0.3 is 10.1 Å². The van der Waals surface area contributed by atoms with Crippen molar-refractivity contribution in [3.05, 3.63) is 29.8 Å². The maximum atomic E-state index is 11.4. The second-order valence-electron chi connectivity index (χ2n) is 5.47. The highest BCUT2D eigenvalue weighted by molar-refractivity contribution is 5.78. The minimum absolute atomic E-state index is 0.113. The number of nitriles is 1. The lowest BCUT2D eigenvalue weighted by Crippen LogP contribution is -2.33. The third kappa shape index (κ3) is 5.38. The first-order valence-electron chi connectivity index (χ1n) is 7.86. The van der Waals surface area contributed by atoms with E-state index in [1.807, 2.05) is 30.3 Å². The van der Waals surface area contributed by atoms with Gasteiger partial charge >= 0.3 is 0 Å². The molecule has 1 fully saturated rings. The Hall–Kier alpha value is -2.06. The number of likely N-dealkylation sites (tertiary alicyclic amines) is 1. The normalized spacial score (nSPS) is 15.0. The molecule has 1 aromatic carbocycles. The van der Waals surface area contributed by atoms with Crippen LogP contribution in [0.25, 0.3) is 0 Å². The van der Waals surface area contributed by atoms with E-state index in [2.05, 4.69) is 10.2 Å². The summed E-state index contributed by atoms with van der Waals surface area (Å²) in [5.74, 6) is 0.544. The SMILES string of the molecule is N#CCC(=O)NCc1ccccc1OCCN1CCCCC1. The molecule has 1 N–H and O–H groups in total. The van der Waals surface area contributed by atoms with Gasteiger partial charge in [0.15, 0.2) is 0 Å². The second kappa shape index (κ2) is 9.06. The van der Waals surface area contributed by atoms with Crippen LogP contribution in [-0.4, -0.2) is 37.0 Å². The maximum Gasteiger partial charge on any atom is 0.234 e. The Kier molecular flexibility index (Phi) is 6.72. The Morgan fingerprint density at radius 2 is 2.05 bits per heavy atom. The van der Waals surface area contributed by atoms with Gasteiger partial charge in [-0.05, 0) is 32.0 Å². The van der Waals surface area contributed by atoms with Crippen LogP contribution in [0.5, 0.6) is 5.75 Å². The number of amides is 1. The molecule has 0 aliphatic carbocycles. The summed E-state index contributed by atoms with van der Waals surface area (Å²) in [5, 5.41) is 11.2. The van der Waals surface area contributed by atoms with E-state index < -0.39 is 0 Å². The first-order valence-corrected chi connectivity index (χ1v) is 7.86. The standard InChI is InChI=1S/C17H23N3O2/c18-9-8-17(21)19-14-15-6-2-3-7-16(15)22-13-12-20-10-4-1-5-11-20/h2-3,6-7H,1,4-5,8,10-14H2,(H,19,21). The lowest BCUT2D eigenvalue weighted by atomic mass is 10.1. The number of nitrogens with one attached hydrogen (secondary N) is 1. The van der Waals surface area contributed by atoms with Gasteiger partial charge in [-0.3, -0.25) is 9.69 Å². The fraction of sp³-hybridized carbons (Fsp3) is 0.529. The topological polar surface area (TPSA) is 65.4 Å². The molecule has 0 spiro atoms. The van der Waals surface area contributed by atoms with Gasteiger partial charge in [0.1, 0.15) is 18.8 Å². The van der Waals surface area contributed by atoms with Crippen molar-refractivity contribution >= 4 is 5.91 Å². The average molecular weight is 301 g/mol. The number of nitrogens with zero attached hydrogens (tertiary/aromatic N) is 2. The van der Waals surface area contributed by atoms with Crippen molar-refractivity contribution in [3.8, 4) is 11.8 Å². The first kappa shape index (κ1) is 16.3. The summed E-state index contributed by atoms with van der Waals surface area (Å²) in [4.78, 5) is 13.8. The highest BCUT2D eigenvalue weighted by Crippen LogP contribution is 2.18. The number of hydrogen-bond donors (Lipinski definition) is 1. The Labute approximate surface area is 131 Å². The van der Waals surface area contributed by atoms with E-state index in [1.165, 1.54) is 19.3 Å². The fourth-order valence-corrected chi connectivity index (χ4v) is 2.59. The molecule has 1 aliphatic rings. The van der Waals surface area contributed by atoms with E-state index in [9.17, 15) is 4.79 Å². The number of para-hydroxylation sites is 1. The summed E-state index contributed by atoms with van der Waals surface area (Å²) in [6.07, 6.45) is 3.78. The van der Waals surface area contributed by atoms with Crippen molar-refractivity contribution in [1.29, 1.82) is 5.26 Å². The van der Waals surface area contributed by atoms with E-state index in [1.54, 1.807) is 0 Å². The zero-order chi connectivity index (χ0) is 15.6. The lowest BCUT2D eigenvalue weighted by Gasteiger charge is -2.26. The van der Waals surface area contributed by atoms with E-state index in [-0.39, 0.29) is 12.3 Å². The second-order valence-corrected chi connectivity index (χ2v) is 5.47. The highest BCUT2D eigenvalue weighted by atomic mass is 16.5. The van der Waals surface area contributed by atoms with Gasteiger partial charge in [-0.25, -0.2) is 0 Å². The molecular formula is C17H23N3O2. The largest absolute Gasteiger partial charge is 0.492 e. The summed E-state index contributed by atoms with van der Waals surface area (Å²) >= 11 is 0. The fourth-order valence-electron chi connectivity index (χ4n) is 2.59. The number of rotatable bonds is 7. The van der Waals surface area contributed by atoms with Crippen LogP contribution in [0.4, 0.5) is 0 Å². The van der Waals surface area contributed by atoms with Gasteiger partial charge in [-0.15, -0.1) is 0 Å². The third-order valence-corrected chi connectivity index (χ3v) is 3.80. The van der Waals surface area contributed by atoms with E-state index in [0.717, 1.165) is 30.9 Å². The molecule has 0 bridgehead atoms. The van der Waals surface area contributed by atoms with Gasteiger partial charge in [-0.1, -0.05) is 24.6 Å². The van der Waals surface area contributed by atoms with Crippen LogP contribution in [0.1, 0.15) is 31.2 Å². The molecule has 1 amide bonds. The molecular weight excluding hydrogens is 278 g/mol. The average Bonchev–Trinajstić information content (AvgIpc) is 2.55. The Morgan fingerprint density at radius 1 is 1.27 bits per heavy atom. The number of piperidine rings is 1. The minimum Gasteiger partial charge on any atom is -0.492 e. The number of carbonyl (C=O) groups is 1. The van der Waals surface area contributed by atoms with E-state index in [0.29, 0.717) is 13.2 Å². The van der Waals surface area contributed by atoms with Gasteiger partial charge in [-0.2, -0.15) is 5.26 Å². The monoisotopic (exact) mass is 301 g/mol. The molecule has 1 aromatic rings. The van der Waals surface area contributed by atoms with E-state index >= 15 is 0 Å². The van der Waals surface area contributed by atoms with Crippen molar-refractivity contribution in [2.45, 2.75) is 32.2 Å². The molecule has 0 aromatic heterocycles. The number of benzene rings is 1. The zero-order valence-corrected chi connectivity index (χ0v) is 12.9. The predicted octanol–water partition coefficient (Wildman–Crippen LogP) is 2.08. The molecule has 0 unspecified atom stereocenters. The van der Waals surface area contributed by atoms with Crippen LogP contribution in [0.2, 0.25) is 0 Å². The Morgan fingerprint density at radius 3 is 2.82 bits per heavy atom. The summed E-state index contributed by atoms with van der Waals surface area (Å²) in [6.45, 7) is 4.31. The molecule has 5 nitrogen and oxygen atoms in total. The molecule has 5 heteroatoms. The van der Waals surface area contributed by atoms with Crippen LogP contribution in [-0.2, 0) is 11.3 Å². The van der Waals surface area contributed by atoms with Crippen LogP contribution in [0.15, 0.2) is 24.3 Å². The van der Waals surface area contributed by atoms with Crippen molar-refractivity contribution in [2.24, 2.45) is 0 Å². The lowest BCUT2D eigenvalue weighted by molar-refractivity contribution is -0.120. The van der Waals surface area contributed by atoms with Crippen molar-refractivity contribution in [2.75, 3.05) is 26.2 Å². The predicted molar refractivity (Wildman–Crippen MR) is 84.3 cm³/mol. The molecule has 1 aliphatic heterocycles. The van der Waals surface area contributed by atoms with Crippen LogP contribution in [0, 0.1) is 11.3 Å². The molecule has 1 heterocycles. The number of ether oxygens (including phenoxy) is 1. The molecule has 2 rings (SSSR count). The van der Waals surface area contributed by atoms with Gasteiger partial charge in [0.2, 0.25) is 5.91 Å². The number of carbonyl (C=O) groups excluding carboxylic acids is 1. The van der Waals surface area contributed by atoms with Crippen LogP contribution >= 0.6 is 0 Å². The van der Waals surface area contributed by atoms with Gasteiger partial charge in [0.05, 0.1) is 6.07 Å². The Bertz CT molecular complexity index is 519. The molecule has 0 saturated carbocycles. The molecule has 22 heavy (non-hydrogen) atoms. The quantitative estimate of drug-likeness (QED) is 0.837. The summed E-state index contributed by atoms with van der Waals surface area (Å²) in [5.41, 5.74) is 0.937. The zero-order valence-electron chi connectivity index (χ0n) is 12.9. The molecule has 1 saturated heterocycles. The van der Waals surface area contributed by atoms with Crippen molar-refractivity contribution < 1.29 is 9.53 Å². The van der Waals surface area contributed by atoms with E-state index in [4.69, 9.17) is 10.00 Å². The third-order valence-electron chi connectivity index (χ3n) is 3.80. The van der Waals surface area contributed by atoms with Crippen molar-refractivity contribution in [1.82, 2.24) is 10.2 Å². The summed E-state index contributed by atoms with van der Waals surface area (Å²) < 4.78 is 5.87. The molecule has 0 radical (unpaired) electrons. The van der Waals surface area contributed by atoms with Crippen molar-refractivity contribution in [3.63, 3.8) is 0 Å².